The van der Waals surface area contributed by atoms with Crippen molar-refractivity contribution in [3.8, 4) is 0 Å². The highest BCUT2D eigenvalue weighted by atomic mass is 16.3. The first-order valence-electron chi connectivity index (χ1n) is 5.66. The SMILES string of the molecule is C=CC(=O)N[C@H](Cc1ccccc1)c1ncco1. The number of carbonyl (C=O) groups excluding carboxylic acids is 1. The van der Waals surface area contributed by atoms with Crippen LogP contribution in [0.3, 0.4) is 0 Å². The zero-order valence-electron chi connectivity index (χ0n) is 9.87. The van der Waals surface area contributed by atoms with Gasteiger partial charge in [-0.2, -0.15) is 0 Å². The molecule has 0 aliphatic rings. The molecular weight excluding hydrogens is 228 g/mol. The third-order valence-electron chi connectivity index (χ3n) is 2.53. The maximum absolute atomic E-state index is 11.4. The summed E-state index contributed by atoms with van der Waals surface area (Å²) < 4.78 is 5.25. The molecule has 92 valence electrons. The Labute approximate surface area is 105 Å². The van der Waals surface area contributed by atoms with Gasteiger partial charge >= 0.3 is 0 Å². The van der Waals surface area contributed by atoms with Crippen LogP contribution in [-0.2, 0) is 11.2 Å². The molecule has 0 bridgehead atoms. The van der Waals surface area contributed by atoms with E-state index < -0.39 is 0 Å². The van der Waals surface area contributed by atoms with Crippen LogP contribution in [0, 0.1) is 0 Å². The molecule has 18 heavy (non-hydrogen) atoms. The predicted molar refractivity (Wildman–Crippen MR) is 67.7 cm³/mol. The molecule has 0 aliphatic carbocycles. The Morgan fingerprint density at radius 2 is 2.22 bits per heavy atom. The quantitative estimate of drug-likeness (QED) is 0.818. The van der Waals surface area contributed by atoms with Gasteiger partial charge in [-0.15, -0.1) is 0 Å². The molecule has 4 heteroatoms. The highest BCUT2D eigenvalue weighted by Crippen LogP contribution is 2.16. The first-order valence-corrected chi connectivity index (χ1v) is 5.66. The van der Waals surface area contributed by atoms with E-state index in [9.17, 15) is 4.79 Å². The molecular formula is C14H14N2O2. The Morgan fingerprint density at radius 3 is 2.83 bits per heavy atom. The summed E-state index contributed by atoms with van der Waals surface area (Å²) in [4.78, 5) is 15.5. The van der Waals surface area contributed by atoms with Crippen molar-refractivity contribution in [3.05, 3.63) is 66.9 Å². The van der Waals surface area contributed by atoms with E-state index in [4.69, 9.17) is 4.42 Å². The van der Waals surface area contributed by atoms with E-state index in [1.54, 1.807) is 6.20 Å². The number of aromatic nitrogens is 1. The molecule has 1 heterocycles. The average Bonchev–Trinajstić information content (AvgIpc) is 2.93. The lowest BCUT2D eigenvalue weighted by molar-refractivity contribution is -0.117. The van der Waals surface area contributed by atoms with Gasteiger partial charge in [-0.05, 0) is 11.6 Å². The molecule has 1 aromatic heterocycles. The molecule has 0 saturated heterocycles. The Kier molecular flexibility index (Phi) is 3.91. The highest BCUT2D eigenvalue weighted by molar-refractivity contribution is 5.87. The molecule has 1 aromatic carbocycles. The third-order valence-corrected chi connectivity index (χ3v) is 2.53. The zero-order chi connectivity index (χ0) is 12.8. The van der Waals surface area contributed by atoms with E-state index in [1.807, 2.05) is 30.3 Å². The normalized spacial score (nSPS) is 11.8. The smallest absolute Gasteiger partial charge is 0.244 e. The second-order valence-electron chi connectivity index (χ2n) is 3.83. The van der Waals surface area contributed by atoms with Gasteiger partial charge in [-0.3, -0.25) is 4.79 Å². The molecule has 2 rings (SSSR count). The van der Waals surface area contributed by atoms with Crippen LogP contribution in [0.2, 0.25) is 0 Å². The highest BCUT2D eigenvalue weighted by Gasteiger charge is 2.17. The van der Waals surface area contributed by atoms with Crippen LogP contribution >= 0.6 is 0 Å². The van der Waals surface area contributed by atoms with Crippen molar-refractivity contribution in [2.75, 3.05) is 0 Å². The molecule has 0 saturated carbocycles. The number of nitrogens with one attached hydrogen (secondary N) is 1. The lowest BCUT2D eigenvalue weighted by Gasteiger charge is -2.14. The number of rotatable bonds is 5. The fourth-order valence-electron chi connectivity index (χ4n) is 1.69. The van der Waals surface area contributed by atoms with Gasteiger partial charge in [-0.1, -0.05) is 36.9 Å². The first kappa shape index (κ1) is 12.1. The molecule has 0 radical (unpaired) electrons. The number of amides is 1. The van der Waals surface area contributed by atoms with Crippen molar-refractivity contribution < 1.29 is 9.21 Å². The van der Waals surface area contributed by atoms with Gasteiger partial charge in [0.2, 0.25) is 11.8 Å². The monoisotopic (exact) mass is 242 g/mol. The van der Waals surface area contributed by atoms with Crippen molar-refractivity contribution >= 4 is 5.91 Å². The summed E-state index contributed by atoms with van der Waals surface area (Å²) in [6.07, 6.45) is 4.92. The van der Waals surface area contributed by atoms with Gasteiger partial charge in [0.15, 0.2) is 0 Å². The van der Waals surface area contributed by atoms with Gasteiger partial charge in [0.1, 0.15) is 12.3 Å². The topological polar surface area (TPSA) is 55.1 Å². The van der Waals surface area contributed by atoms with Gasteiger partial charge in [0.25, 0.3) is 0 Å². The van der Waals surface area contributed by atoms with Crippen LogP contribution in [-0.4, -0.2) is 10.9 Å². The second kappa shape index (κ2) is 5.82. The van der Waals surface area contributed by atoms with Crippen molar-refractivity contribution in [1.82, 2.24) is 10.3 Å². The largest absolute Gasteiger partial charge is 0.447 e. The standard InChI is InChI=1S/C14H14N2O2/c1-2-13(17)16-12(14-15-8-9-18-14)10-11-6-4-3-5-7-11/h2-9,12H,1,10H2,(H,16,17)/t12-/m1/s1. The maximum atomic E-state index is 11.4. The second-order valence-corrected chi connectivity index (χ2v) is 3.83. The molecule has 0 aliphatic heterocycles. The molecule has 1 atom stereocenters. The van der Waals surface area contributed by atoms with Crippen LogP contribution in [0.25, 0.3) is 0 Å². The van der Waals surface area contributed by atoms with Crippen molar-refractivity contribution in [1.29, 1.82) is 0 Å². The summed E-state index contributed by atoms with van der Waals surface area (Å²) in [7, 11) is 0. The summed E-state index contributed by atoms with van der Waals surface area (Å²) in [5, 5.41) is 2.80. The third kappa shape index (κ3) is 3.07. The Bertz CT molecular complexity index is 506. The average molecular weight is 242 g/mol. The molecule has 0 spiro atoms. The van der Waals surface area contributed by atoms with E-state index in [0.717, 1.165) is 5.56 Å². The molecule has 4 nitrogen and oxygen atoms in total. The Balaban J connectivity index is 2.15. The minimum atomic E-state index is -0.284. The molecule has 1 amide bonds. The fourth-order valence-corrected chi connectivity index (χ4v) is 1.69. The van der Waals surface area contributed by atoms with Crippen LogP contribution in [0.1, 0.15) is 17.5 Å². The van der Waals surface area contributed by atoms with E-state index >= 15 is 0 Å². The van der Waals surface area contributed by atoms with Gasteiger partial charge < -0.3 is 9.73 Å². The van der Waals surface area contributed by atoms with Crippen molar-refractivity contribution in [3.63, 3.8) is 0 Å². The van der Waals surface area contributed by atoms with Crippen LogP contribution in [0.5, 0.6) is 0 Å². The van der Waals surface area contributed by atoms with E-state index in [-0.39, 0.29) is 11.9 Å². The van der Waals surface area contributed by atoms with Crippen molar-refractivity contribution in [2.24, 2.45) is 0 Å². The maximum Gasteiger partial charge on any atom is 0.244 e. The van der Waals surface area contributed by atoms with Gasteiger partial charge in [-0.25, -0.2) is 4.98 Å². The summed E-state index contributed by atoms with van der Waals surface area (Å²) in [6, 6.07) is 9.57. The predicted octanol–water partition coefficient (Wildman–Crippen LogP) is 2.26. The van der Waals surface area contributed by atoms with E-state index in [2.05, 4.69) is 16.9 Å². The zero-order valence-corrected chi connectivity index (χ0v) is 9.87. The summed E-state index contributed by atoms with van der Waals surface area (Å²) >= 11 is 0. The summed E-state index contributed by atoms with van der Waals surface area (Å²) in [5.74, 6) is 0.253. The minimum absolute atomic E-state index is 0.242. The molecule has 0 unspecified atom stereocenters. The lowest BCUT2D eigenvalue weighted by atomic mass is 10.1. The van der Waals surface area contributed by atoms with E-state index in [1.165, 1.54) is 12.3 Å². The van der Waals surface area contributed by atoms with Crippen LogP contribution in [0.15, 0.2) is 59.9 Å². The summed E-state index contributed by atoms with van der Waals surface area (Å²) in [5.41, 5.74) is 1.10. The molecule has 2 aromatic rings. The van der Waals surface area contributed by atoms with Gasteiger partial charge in [0, 0.05) is 6.42 Å². The minimum Gasteiger partial charge on any atom is -0.447 e. The van der Waals surface area contributed by atoms with Gasteiger partial charge in [0.05, 0.1) is 6.20 Å². The summed E-state index contributed by atoms with van der Waals surface area (Å²) in [6.45, 7) is 3.44. The lowest BCUT2D eigenvalue weighted by Crippen LogP contribution is -2.28. The fraction of sp³-hybridized carbons (Fsp3) is 0.143. The van der Waals surface area contributed by atoms with E-state index in [0.29, 0.717) is 12.3 Å². The number of carbonyl (C=O) groups is 1. The number of nitrogens with zero attached hydrogens (tertiary/aromatic N) is 1. The number of hydrogen-bond acceptors (Lipinski definition) is 3. The van der Waals surface area contributed by atoms with Crippen molar-refractivity contribution in [2.45, 2.75) is 12.5 Å². The molecule has 1 N–H and O–H groups in total. The number of hydrogen-bond donors (Lipinski definition) is 1. The number of oxazole rings is 1. The first-order chi connectivity index (χ1) is 8.79. The molecule has 0 fully saturated rings. The Morgan fingerprint density at radius 1 is 1.44 bits per heavy atom. The number of benzene rings is 1. The Hall–Kier alpha value is -2.36. The van der Waals surface area contributed by atoms with Crippen LogP contribution in [0.4, 0.5) is 0 Å². The van der Waals surface area contributed by atoms with Crippen LogP contribution < -0.4 is 5.32 Å².